The Balaban J connectivity index is 1.30. The first kappa shape index (κ1) is 25.0. The fraction of sp³-hybridized carbons (Fsp3) is 0.222. The molecular weight excluding hydrogens is 608 g/mol. The summed E-state index contributed by atoms with van der Waals surface area (Å²) < 4.78 is 7.57. The zero-order valence-electron chi connectivity index (χ0n) is 19.2. The van der Waals surface area contributed by atoms with Gasteiger partial charge in [-0.15, -0.1) is 0 Å². The van der Waals surface area contributed by atoms with E-state index in [0.29, 0.717) is 34.4 Å². The number of fused-ring (bicyclic) bond motifs is 1. The second-order valence-corrected chi connectivity index (χ2v) is 11.3. The van der Waals surface area contributed by atoms with Crippen LogP contribution in [-0.4, -0.2) is 46.5 Å². The predicted molar refractivity (Wildman–Crippen MR) is 149 cm³/mol. The summed E-state index contributed by atoms with van der Waals surface area (Å²) in [6.07, 6.45) is 3.58. The highest BCUT2D eigenvalue weighted by Crippen LogP contribution is 2.38. The van der Waals surface area contributed by atoms with Crippen LogP contribution in [0.5, 0.6) is 5.75 Å². The monoisotopic (exact) mass is 628 g/mol. The Morgan fingerprint density at radius 1 is 1.00 bits per heavy atom. The molecule has 0 aromatic heterocycles. The molecule has 184 valence electrons. The number of nitrogens with zero attached hydrogens (tertiary/aromatic N) is 2. The van der Waals surface area contributed by atoms with E-state index >= 15 is 0 Å². The normalized spacial score (nSPS) is 17.0. The van der Waals surface area contributed by atoms with Crippen LogP contribution >= 0.6 is 43.6 Å². The van der Waals surface area contributed by atoms with Crippen molar-refractivity contribution in [3.63, 3.8) is 0 Å². The number of carbonyl (C=O) groups is 3. The highest BCUT2D eigenvalue weighted by molar-refractivity contribution is 9.11. The molecule has 6 nitrogen and oxygen atoms in total. The van der Waals surface area contributed by atoms with Crippen molar-refractivity contribution in [1.29, 1.82) is 0 Å². The van der Waals surface area contributed by atoms with Crippen LogP contribution in [0.1, 0.15) is 24.0 Å². The molecule has 0 aliphatic carbocycles. The molecule has 0 spiro atoms. The van der Waals surface area contributed by atoms with Gasteiger partial charge in [-0.3, -0.25) is 19.3 Å². The van der Waals surface area contributed by atoms with Gasteiger partial charge in [-0.2, -0.15) is 0 Å². The van der Waals surface area contributed by atoms with Crippen molar-refractivity contribution >= 4 is 77.5 Å². The fourth-order valence-electron chi connectivity index (χ4n) is 4.36. The third-order valence-corrected chi connectivity index (χ3v) is 8.28. The van der Waals surface area contributed by atoms with Crippen molar-refractivity contribution in [2.24, 2.45) is 0 Å². The molecule has 0 saturated carbocycles. The number of hydrogen-bond donors (Lipinski definition) is 0. The van der Waals surface area contributed by atoms with Crippen LogP contribution in [0.25, 0.3) is 16.8 Å². The third-order valence-electron chi connectivity index (χ3n) is 6.20. The van der Waals surface area contributed by atoms with Gasteiger partial charge in [-0.25, -0.2) is 0 Å². The van der Waals surface area contributed by atoms with E-state index in [1.165, 1.54) is 0 Å². The first-order chi connectivity index (χ1) is 17.4. The van der Waals surface area contributed by atoms with Gasteiger partial charge in [0.2, 0.25) is 5.91 Å². The summed E-state index contributed by atoms with van der Waals surface area (Å²) in [6.45, 7) is 1.54. The molecule has 2 aliphatic rings. The van der Waals surface area contributed by atoms with Gasteiger partial charge in [-0.05, 0) is 96.6 Å². The second kappa shape index (κ2) is 10.8. The van der Waals surface area contributed by atoms with Gasteiger partial charge in [0.15, 0.2) is 0 Å². The first-order valence-electron chi connectivity index (χ1n) is 11.5. The number of likely N-dealkylation sites (tertiary alicyclic amines) is 1. The van der Waals surface area contributed by atoms with E-state index in [9.17, 15) is 14.4 Å². The Bertz CT molecular complexity index is 1370. The molecule has 0 radical (unpaired) electrons. The van der Waals surface area contributed by atoms with E-state index in [1.54, 1.807) is 11.0 Å². The van der Waals surface area contributed by atoms with Crippen LogP contribution in [0, 0.1) is 0 Å². The summed E-state index contributed by atoms with van der Waals surface area (Å²) in [5.74, 6) is 0.0136. The summed E-state index contributed by atoms with van der Waals surface area (Å²) in [5.41, 5.74) is 1.80. The van der Waals surface area contributed by atoms with Crippen molar-refractivity contribution < 1.29 is 19.1 Å². The maximum Gasteiger partial charge on any atom is 0.294 e. The van der Waals surface area contributed by atoms with Crippen molar-refractivity contribution in [3.05, 3.63) is 79.6 Å². The lowest BCUT2D eigenvalue weighted by Gasteiger charge is -2.18. The minimum absolute atomic E-state index is 0.186. The number of imide groups is 1. The molecule has 2 fully saturated rings. The number of ether oxygens (including phenoxy) is 1. The summed E-state index contributed by atoms with van der Waals surface area (Å²) in [6, 6.07) is 18.0. The number of halogens is 2. The lowest BCUT2D eigenvalue weighted by Crippen LogP contribution is -2.40. The largest absolute Gasteiger partial charge is 0.487 e. The Kier molecular flexibility index (Phi) is 7.50. The topological polar surface area (TPSA) is 66.9 Å². The predicted octanol–water partition coefficient (Wildman–Crippen LogP) is 6.60. The number of amides is 3. The zero-order valence-corrected chi connectivity index (χ0v) is 23.2. The Labute approximate surface area is 229 Å². The average molecular weight is 630 g/mol. The van der Waals surface area contributed by atoms with Crippen molar-refractivity contribution in [1.82, 2.24) is 9.80 Å². The Hall–Kier alpha value is -2.62. The minimum atomic E-state index is -0.443. The van der Waals surface area contributed by atoms with Crippen LogP contribution in [0.2, 0.25) is 0 Å². The number of thioether (sulfide) groups is 1. The smallest absolute Gasteiger partial charge is 0.294 e. The molecule has 3 aromatic carbocycles. The highest BCUT2D eigenvalue weighted by atomic mass is 79.9. The van der Waals surface area contributed by atoms with Gasteiger partial charge in [0.05, 0.1) is 13.9 Å². The summed E-state index contributed by atoms with van der Waals surface area (Å²) in [7, 11) is 0. The van der Waals surface area contributed by atoms with Crippen LogP contribution in [-0.2, 0) is 16.2 Å². The number of benzene rings is 3. The van der Waals surface area contributed by atoms with Gasteiger partial charge in [0.25, 0.3) is 11.1 Å². The lowest BCUT2D eigenvalue weighted by atomic mass is 10.1. The molecule has 3 amide bonds. The van der Waals surface area contributed by atoms with E-state index in [2.05, 4.69) is 50.1 Å². The molecule has 0 unspecified atom stereocenters. The first-order valence-corrected chi connectivity index (χ1v) is 13.9. The van der Waals surface area contributed by atoms with Crippen molar-refractivity contribution in [3.8, 4) is 5.75 Å². The quantitative estimate of drug-likeness (QED) is 0.287. The van der Waals surface area contributed by atoms with Crippen LogP contribution in [0.4, 0.5) is 4.79 Å². The lowest BCUT2D eigenvalue weighted by molar-refractivity contribution is -0.135. The van der Waals surface area contributed by atoms with E-state index in [0.717, 1.165) is 51.4 Å². The molecule has 2 aliphatic heterocycles. The number of rotatable bonds is 6. The Morgan fingerprint density at radius 2 is 1.69 bits per heavy atom. The minimum Gasteiger partial charge on any atom is -0.487 e. The van der Waals surface area contributed by atoms with E-state index in [1.807, 2.05) is 36.4 Å². The van der Waals surface area contributed by atoms with Crippen LogP contribution in [0.3, 0.4) is 0 Å². The fourth-order valence-corrected chi connectivity index (χ4v) is 6.65. The average Bonchev–Trinajstić information content (AvgIpc) is 3.49. The number of carbonyl (C=O) groups excluding carboxylic acids is 3. The molecule has 2 heterocycles. The number of hydrogen-bond acceptors (Lipinski definition) is 5. The highest BCUT2D eigenvalue weighted by Gasteiger charge is 2.37. The molecule has 2 saturated heterocycles. The van der Waals surface area contributed by atoms with Crippen molar-refractivity contribution in [2.75, 3.05) is 19.6 Å². The SMILES string of the molecule is O=C(CN1C(=O)S/C(=C\c2cc(Br)c(OCc3cccc4ccccc34)c(Br)c2)C1=O)N1CCCC1. The summed E-state index contributed by atoms with van der Waals surface area (Å²) in [4.78, 5) is 40.8. The van der Waals surface area contributed by atoms with E-state index < -0.39 is 11.1 Å². The van der Waals surface area contributed by atoms with Gasteiger partial charge >= 0.3 is 0 Å². The van der Waals surface area contributed by atoms with Gasteiger partial charge in [0.1, 0.15) is 18.9 Å². The van der Waals surface area contributed by atoms with Gasteiger partial charge < -0.3 is 9.64 Å². The van der Waals surface area contributed by atoms with Crippen LogP contribution in [0.15, 0.2) is 68.4 Å². The molecule has 0 N–H and O–H groups in total. The molecule has 36 heavy (non-hydrogen) atoms. The summed E-state index contributed by atoms with van der Waals surface area (Å²) >= 11 is 8.00. The third kappa shape index (κ3) is 5.23. The maximum absolute atomic E-state index is 12.9. The standard InChI is InChI=1S/C27H22Br2N2O4S/c28-21-12-17(14-23-26(33)31(27(34)36-23)15-24(32)30-10-3-4-11-30)13-22(29)25(21)35-16-19-8-5-7-18-6-1-2-9-20(18)19/h1-2,5-9,12-14H,3-4,10-11,15-16H2/b23-14-. The van der Waals surface area contributed by atoms with Gasteiger partial charge in [-0.1, -0.05) is 42.5 Å². The summed E-state index contributed by atoms with van der Waals surface area (Å²) in [5, 5.41) is 1.87. The molecule has 0 atom stereocenters. The molecule has 5 rings (SSSR count). The maximum atomic E-state index is 12.9. The van der Waals surface area contributed by atoms with Crippen molar-refractivity contribution in [2.45, 2.75) is 19.4 Å². The van der Waals surface area contributed by atoms with Gasteiger partial charge in [0, 0.05) is 13.1 Å². The van der Waals surface area contributed by atoms with Crippen LogP contribution < -0.4 is 4.74 Å². The molecule has 3 aromatic rings. The Morgan fingerprint density at radius 3 is 2.44 bits per heavy atom. The molecule has 9 heteroatoms. The van der Waals surface area contributed by atoms with E-state index in [4.69, 9.17) is 4.74 Å². The zero-order chi connectivity index (χ0) is 25.2. The molecule has 0 bridgehead atoms. The second-order valence-electron chi connectivity index (χ2n) is 8.60. The van der Waals surface area contributed by atoms with E-state index in [-0.39, 0.29) is 17.4 Å². The molecular formula is C27H22Br2N2O4S.